The Hall–Kier alpha value is -1.18. The highest BCUT2D eigenvalue weighted by atomic mass is 79.9. The zero-order chi connectivity index (χ0) is 17.2. The third-order valence-electron chi connectivity index (χ3n) is 3.74. The summed E-state index contributed by atoms with van der Waals surface area (Å²) in [4.78, 5) is 11.5. The lowest BCUT2D eigenvalue weighted by Crippen LogP contribution is -2.22. The van der Waals surface area contributed by atoms with Crippen molar-refractivity contribution < 1.29 is 14.6 Å². The number of halogens is 1. The molecule has 1 aromatic carbocycles. The fraction of sp³-hybridized carbons (Fsp3) is 0.500. The topological polar surface area (TPSA) is 64.3 Å². The number of carboxylic acids is 1. The molecule has 0 bridgehead atoms. The summed E-state index contributed by atoms with van der Waals surface area (Å²) in [6.07, 6.45) is 0.736. The number of hydrogen-bond donors (Lipinski definition) is 1. The quantitative estimate of drug-likeness (QED) is 0.555. The van der Waals surface area contributed by atoms with Crippen LogP contribution in [0.3, 0.4) is 0 Å². The number of carboxylic acid groups (broad SMARTS) is 1. The van der Waals surface area contributed by atoms with Gasteiger partial charge in [0.1, 0.15) is 6.73 Å². The molecule has 0 aliphatic carbocycles. The first-order valence-corrected chi connectivity index (χ1v) is 12.2. The van der Waals surface area contributed by atoms with Crippen LogP contribution in [0.5, 0.6) is 0 Å². The summed E-state index contributed by atoms with van der Waals surface area (Å²) in [5.41, 5.74) is 1.86. The van der Waals surface area contributed by atoms with E-state index in [1.54, 1.807) is 4.68 Å². The molecule has 1 heterocycles. The van der Waals surface area contributed by atoms with Crippen LogP contribution in [0.1, 0.15) is 23.0 Å². The maximum absolute atomic E-state index is 11.5. The van der Waals surface area contributed by atoms with E-state index in [1.807, 2.05) is 19.1 Å². The van der Waals surface area contributed by atoms with Crippen LogP contribution in [0.15, 0.2) is 16.6 Å². The molecule has 126 valence electrons. The molecule has 5 nitrogen and oxygen atoms in total. The first-order chi connectivity index (χ1) is 10.7. The number of aryl methyl sites for hydroxylation is 1. The molecular formula is C16H23BrN2O3Si. The largest absolute Gasteiger partial charge is 0.476 e. The molecule has 0 saturated carbocycles. The van der Waals surface area contributed by atoms with E-state index in [0.717, 1.165) is 28.0 Å². The van der Waals surface area contributed by atoms with Gasteiger partial charge in [-0.05, 0) is 30.2 Å². The fourth-order valence-electron chi connectivity index (χ4n) is 2.44. The molecule has 0 aliphatic heterocycles. The molecular weight excluding hydrogens is 376 g/mol. The second-order valence-corrected chi connectivity index (χ2v) is 13.3. The Kier molecular flexibility index (Phi) is 5.64. The third kappa shape index (κ3) is 4.22. The van der Waals surface area contributed by atoms with Crippen molar-refractivity contribution in [2.24, 2.45) is 0 Å². The predicted octanol–water partition coefficient (Wildman–Crippen LogP) is 4.37. The molecule has 1 aromatic heterocycles. The Balaban J connectivity index is 2.33. The first kappa shape index (κ1) is 18.2. The minimum Gasteiger partial charge on any atom is -0.476 e. The Morgan fingerprint density at radius 2 is 2.09 bits per heavy atom. The maximum Gasteiger partial charge on any atom is 0.357 e. The highest BCUT2D eigenvalue weighted by Gasteiger charge is 2.20. The summed E-state index contributed by atoms with van der Waals surface area (Å²) in [5.74, 6) is -1.01. The predicted molar refractivity (Wildman–Crippen MR) is 97.9 cm³/mol. The van der Waals surface area contributed by atoms with E-state index >= 15 is 0 Å². The Bertz CT molecular complexity index is 722. The number of aromatic nitrogens is 2. The molecule has 23 heavy (non-hydrogen) atoms. The second-order valence-electron chi connectivity index (χ2n) is 6.77. The fourth-order valence-corrected chi connectivity index (χ4v) is 3.80. The van der Waals surface area contributed by atoms with Crippen molar-refractivity contribution in [2.75, 3.05) is 6.61 Å². The van der Waals surface area contributed by atoms with Crippen molar-refractivity contribution in [1.82, 2.24) is 9.78 Å². The van der Waals surface area contributed by atoms with Crippen LogP contribution >= 0.6 is 15.9 Å². The molecule has 0 amide bonds. The lowest BCUT2D eigenvalue weighted by atomic mass is 10.1. The van der Waals surface area contributed by atoms with Crippen LogP contribution in [0.2, 0.25) is 25.7 Å². The van der Waals surface area contributed by atoms with Gasteiger partial charge in [-0.25, -0.2) is 9.48 Å². The SMILES string of the molecule is CCc1c(Br)ccc2c1c(C(=O)O)nn2COCC[Si](C)(C)C. The van der Waals surface area contributed by atoms with Crippen LogP contribution in [0.25, 0.3) is 10.9 Å². The molecule has 0 fully saturated rings. The number of carbonyl (C=O) groups is 1. The summed E-state index contributed by atoms with van der Waals surface area (Å²) in [6, 6.07) is 4.90. The van der Waals surface area contributed by atoms with Crippen LogP contribution in [-0.4, -0.2) is 35.5 Å². The number of fused-ring (bicyclic) bond motifs is 1. The van der Waals surface area contributed by atoms with Crippen LogP contribution < -0.4 is 0 Å². The van der Waals surface area contributed by atoms with Crippen LogP contribution in [0.4, 0.5) is 0 Å². The van der Waals surface area contributed by atoms with E-state index in [2.05, 4.69) is 40.7 Å². The zero-order valence-electron chi connectivity index (χ0n) is 14.0. The van der Waals surface area contributed by atoms with Gasteiger partial charge in [-0.2, -0.15) is 5.10 Å². The molecule has 2 aromatic rings. The van der Waals surface area contributed by atoms with E-state index in [0.29, 0.717) is 12.0 Å². The monoisotopic (exact) mass is 398 g/mol. The van der Waals surface area contributed by atoms with Crippen molar-refractivity contribution in [3.63, 3.8) is 0 Å². The zero-order valence-corrected chi connectivity index (χ0v) is 16.6. The van der Waals surface area contributed by atoms with Crippen LogP contribution in [-0.2, 0) is 17.9 Å². The van der Waals surface area contributed by atoms with E-state index < -0.39 is 14.0 Å². The van der Waals surface area contributed by atoms with Gasteiger partial charge in [-0.1, -0.05) is 42.5 Å². The molecule has 7 heteroatoms. The van der Waals surface area contributed by atoms with E-state index in [9.17, 15) is 9.90 Å². The van der Waals surface area contributed by atoms with Gasteiger partial charge in [-0.15, -0.1) is 0 Å². The van der Waals surface area contributed by atoms with Gasteiger partial charge in [0.2, 0.25) is 0 Å². The number of hydrogen-bond acceptors (Lipinski definition) is 3. The van der Waals surface area contributed by atoms with Crippen molar-refractivity contribution in [3.8, 4) is 0 Å². The molecule has 0 spiro atoms. The number of nitrogens with zero attached hydrogens (tertiary/aromatic N) is 2. The van der Waals surface area contributed by atoms with Gasteiger partial charge >= 0.3 is 5.97 Å². The number of ether oxygens (including phenoxy) is 1. The molecule has 0 aliphatic rings. The lowest BCUT2D eigenvalue weighted by Gasteiger charge is -2.15. The normalized spacial score (nSPS) is 12.0. The van der Waals surface area contributed by atoms with Gasteiger partial charge < -0.3 is 9.84 Å². The second kappa shape index (κ2) is 7.15. The standard InChI is InChI=1S/C16H23BrN2O3Si/c1-5-11-12(17)6-7-13-14(11)15(16(20)21)18-19(13)10-22-8-9-23(2,3)4/h6-7H,5,8-10H2,1-4H3,(H,20,21). The molecule has 2 rings (SSSR count). The van der Waals surface area contributed by atoms with Gasteiger partial charge in [0, 0.05) is 24.5 Å². The molecule has 0 unspecified atom stereocenters. The van der Waals surface area contributed by atoms with E-state index in [4.69, 9.17) is 4.74 Å². The summed E-state index contributed by atoms with van der Waals surface area (Å²) >= 11 is 3.50. The van der Waals surface area contributed by atoms with E-state index in [1.165, 1.54) is 0 Å². The number of aromatic carboxylic acids is 1. The number of benzene rings is 1. The van der Waals surface area contributed by atoms with Crippen molar-refractivity contribution in [3.05, 3.63) is 27.9 Å². The smallest absolute Gasteiger partial charge is 0.357 e. The third-order valence-corrected chi connectivity index (χ3v) is 6.18. The highest BCUT2D eigenvalue weighted by Crippen LogP contribution is 2.30. The minimum absolute atomic E-state index is 0.0898. The maximum atomic E-state index is 11.5. The summed E-state index contributed by atoms with van der Waals surface area (Å²) in [6.45, 7) is 9.86. The van der Waals surface area contributed by atoms with Gasteiger partial charge in [0.05, 0.1) is 5.52 Å². The lowest BCUT2D eigenvalue weighted by molar-refractivity contribution is 0.0676. The average molecular weight is 399 g/mol. The van der Waals surface area contributed by atoms with Crippen molar-refractivity contribution in [1.29, 1.82) is 0 Å². The average Bonchev–Trinajstić information content (AvgIpc) is 2.81. The molecule has 0 saturated heterocycles. The molecule has 1 N–H and O–H groups in total. The number of rotatable bonds is 7. The van der Waals surface area contributed by atoms with Crippen molar-refractivity contribution in [2.45, 2.75) is 45.8 Å². The Morgan fingerprint density at radius 3 is 2.65 bits per heavy atom. The van der Waals surface area contributed by atoms with Gasteiger partial charge in [0.25, 0.3) is 0 Å². The Morgan fingerprint density at radius 1 is 1.39 bits per heavy atom. The van der Waals surface area contributed by atoms with Crippen molar-refractivity contribution >= 4 is 40.9 Å². The summed E-state index contributed by atoms with van der Waals surface area (Å²) < 4.78 is 8.29. The van der Waals surface area contributed by atoms with Gasteiger partial charge in [0.15, 0.2) is 5.69 Å². The first-order valence-electron chi connectivity index (χ1n) is 7.73. The Labute approximate surface area is 145 Å². The van der Waals surface area contributed by atoms with E-state index in [-0.39, 0.29) is 12.4 Å². The molecule has 0 atom stereocenters. The highest BCUT2D eigenvalue weighted by molar-refractivity contribution is 9.10. The van der Waals surface area contributed by atoms with Crippen LogP contribution in [0, 0.1) is 0 Å². The summed E-state index contributed by atoms with van der Waals surface area (Å²) in [5, 5.41) is 14.4. The minimum atomic E-state index is -1.14. The molecule has 0 radical (unpaired) electrons. The summed E-state index contributed by atoms with van der Waals surface area (Å²) in [7, 11) is -1.14. The van der Waals surface area contributed by atoms with Gasteiger partial charge in [-0.3, -0.25) is 0 Å².